The highest BCUT2D eigenvalue weighted by atomic mass is 16.3. The molecule has 1 aliphatic heterocycles. The average molecular weight is 250 g/mol. The second kappa shape index (κ2) is 6.66. The van der Waals surface area contributed by atoms with E-state index in [0.717, 1.165) is 13.0 Å². The summed E-state index contributed by atoms with van der Waals surface area (Å²) in [5, 5.41) is 11.8. The molecule has 18 heavy (non-hydrogen) atoms. The van der Waals surface area contributed by atoms with Crippen molar-refractivity contribution in [3.8, 4) is 0 Å². The van der Waals surface area contributed by atoms with E-state index in [9.17, 15) is 0 Å². The first kappa shape index (κ1) is 13.2. The monoisotopic (exact) mass is 250 g/mol. The zero-order valence-electron chi connectivity index (χ0n) is 11.0. The molecule has 2 rings (SSSR count). The third kappa shape index (κ3) is 3.65. The van der Waals surface area contributed by atoms with Crippen LogP contribution in [0.5, 0.6) is 0 Å². The summed E-state index contributed by atoms with van der Waals surface area (Å²) >= 11 is 0. The summed E-state index contributed by atoms with van der Waals surface area (Å²) in [6.07, 6.45) is 7.05. The molecule has 5 heteroatoms. The molecular formula is C13H22N4O. The van der Waals surface area contributed by atoms with E-state index in [0.29, 0.717) is 18.4 Å². The molecule has 0 spiro atoms. The van der Waals surface area contributed by atoms with Crippen molar-refractivity contribution in [1.29, 1.82) is 0 Å². The van der Waals surface area contributed by atoms with Gasteiger partial charge in [-0.3, -0.25) is 0 Å². The standard InChI is InChI=1S/C13H22N4O/c1-17-6-2-4-11(10-17)12-8-15-13(16-9-12)14-5-3-7-18/h8-9,11,18H,2-7,10H2,1H3,(H,14,15,16). The Morgan fingerprint density at radius 2 is 2.22 bits per heavy atom. The number of aromatic nitrogens is 2. The Morgan fingerprint density at radius 1 is 1.44 bits per heavy atom. The van der Waals surface area contributed by atoms with Gasteiger partial charge in [-0.25, -0.2) is 9.97 Å². The van der Waals surface area contributed by atoms with E-state index in [4.69, 9.17) is 5.11 Å². The van der Waals surface area contributed by atoms with Gasteiger partial charge in [0.25, 0.3) is 0 Å². The van der Waals surface area contributed by atoms with E-state index >= 15 is 0 Å². The molecule has 1 unspecified atom stereocenters. The Hall–Kier alpha value is -1.20. The number of likely N-dealkylation sites (N-methyl/N-ethyl adjacent to an activating group) is 1. The molecule has 1 saturated heterocycles. The first-order chi connectivity index (χ1) is 8.79. The van der Waals surface area contributed by atoms with E-state index in [1.165, 1.54) is 24.9 Å². The molecule has 0 radical (unpaired) electrons. The van der Waals surface area contributed by atoms with Gasteiger partial charge in [-0.15, -0.1) is 0 Å². The van der Waals surface area contributed by atoms with Gasteiger partial charge in [0.05, 0.1) is 0 Å². The molecule has 0 saturated carbocycles. The molecule has 2 N–H and O–H groups in total. The second-order valence-corrected chi connectivity index (χ2v) is 4.95. The summed E-state index contributed by atoms with van der Waals surface area (Å²) in [6.45, 7) is 3.19. The highest BCUT2D eigenvalue weighted by Crippen LogP contribution is 2.25. The number of anilines is 1. The number of likely N-dealkylation sites (tertiary alicyclic amines) is 1. The fraction of sp³-hybridized carbons (Fsp3) is 0.692. The average Bonchev–Trinajstić information content (AvgIpc) is 2.40. The quantitative estimate of drug-likeness (QED) is 0.766. The lowest BCUT2D eigenvalue weighted by atomic mass is 9.93. The van der Waals surface area contributed by atoms with Crippen molar-refractivity contribution in [2.75, 3.05) is 38.6 Å². The van der Waals surface area contributed by atoms with Crippen molar-refractivity contribution < 1.29 is 5.11 Å². The molecule has 1 aliphatic rings. The van der Waals surface area contributed by atoms with Crippen LogP contribution in [0.25, 0.3) is 0 Å². The Balaban J connectivity index is 1.90. The minimum Gasteiger partial charge on any atom is -0.396 e. The highest BCUT2D eigenvalue weighted by molar-refractivity contribution is 5.26. The van der Waals surface area contributed by atoms with Crippen LogP contribution in [-0.4, -0.2) is 53.3 Å². The van der Waals surface area contributed by atoms with Gasteiger partial charge in [0.2, 0.25) is 5.95 Å². The van der Waals surface area contributed by atoms with Gasteiger partial charge in [0.1, 0.15) is 0 Å². The number of hydrogen-bond donors (Lipinski definition) is 2. The van der Waals surface area contributed by atoms with Gasteiger partial charge in [0, 0.05) is 32.1 Å². The fourth-order valence-electron chi connectivity index (χ4n) is 2.36. The normalized spacial score (nSPS) is 20.9. The molecule has 2 heterocycles. The van der Waals surface area contributed by atoms with Crippen molar-refractivity contribution in [2.45, 2.75) is 25.2 Å². The molecule has 1 atom stereocenters. The number of hydrogen-bond acceptors (Lipinski definition) is 5. The van der Waals surface area contributed by atoms with E-state index in [1.807, 2.05) is 12.4 Å². The van der Waals surface area contributed by atoms with Gasteiger partial charge in [0.15, 0.2) is 0 Å². The minimum atomic E-state index is 0.194. The maximum Gasteiger partial charge on any atom is 0.222 e. The number of aliphatic hydroxyl groups is 1. The van der Waals surface area contributed by atoms with Gasteiger partial charge in [-0.05, 0) is 44.3 Å². The molecule has 5 nitrogen and oxygen atoms in total. The van der Waals surface area contributed by atoms with Crippen molar-refractivity contribution >= 4 is 5.95 Å². The summed E-state index contributed by atoms with van der Waals surface area (Å²) in [5.41, 5.74) is 1.23. The Labute approximate surface area is 108 Å². The number of piperidine rings is 1. The highest BCUT2D eigenvalue weighted by Gasteiger charge is 2.19. The van der Waals surface area contributed by atoms with E-state index in [-0.39, 0.29) is 6.61 Å². The van der Waals surface area contributed by atoms with Gasteiger partial charge < -0.3 is 15.3 Å². The van der Waals surface area contributed by atoms with Crippen LogP contribution < -0.4 is 5.32 Å². The molecule has 1 aromatic heterocycles. The van der Waals surface area contributed by atoms with E-state index in [1.54, 1.807) is 0 Å². The zero-order valence-corrected chi connectivity index (χ0v) is 11.0. The number of nitrogens with one attached hydrogen (secondary N) is 1. The smallest absolute Gasteiger partial charge is 0.222 e. The van der Waals surface area contributed by atoms with Gasteiger partial charge in [-0.2, -0.15) is 0 Å². The van der Waals surface area contributed by atoms with Crippen molar-refractivity contribution in [2.24, 2.45) is 0 Å². The summed E-state index contributed by atoms with van der Waals surface area (Å²) < 4.78 is 0. The first-order valence-electron chi connectivity index (χ1n) is 6.65. The van der Waals surface area contributed by atoms with Crippen LogP contribution in [0.3, 0.4) is 0 Å². The number of aliphatic hydroxyl groups excluding tert-OH is 1. The van der Waals surface area contributed by atoms with Crippen LogP contribution in [0.1, 0.15) is 30.7 Å². The second-order valence-electron chi connectivity index (χ2n) is 4.95. The van der Waals surface area contributed by atoms with Crippen LogP contribution in [0.15, 0.2) is 12.4 Å². The van der Waals surface area contributed by atoms with Crippen LogP contribution >= 0.6 is 0 Å². The molecule has 0 aliphatic carbocycles. The molecule has 100 valence electrons. The molecule has 1 aromatic rings. The van der Waals surface area contributed by atoms with Gasteiger partial charge in [-0.1, -0.05) is 0 Å². The lowest BCUT2D eigenvalue weighted by Gasteiger charge is -2.29. The Kier molecular flexibility index (Phi) is 4.90. The minimum absolute atomic E-state index is 0.194. The molecule has 0 amide bonds. The first-order valence-corrected chi connectivity index (χ1v) is 6.65. The summed E-state index contributed by atoms with van der Waals surface area (Å²) in [7, 11) is 2.16. The maximum atomic E-state index is 8.70. The Bertz CT molecular complexity index is 355. The fourth-order valence-corrected chi connectivity index (χ4v) is 2.36. The molecule has 1 fully saturated rings. The van der Waals surface area contributed by atoms with Crippen LogP contribution in [0.4, 0.5) is 5.95 Å². The van der Waals surface area contributed by atoms with Crippen molar-refractivity contribution in [1.82, 2.24) is 14.9 Å². The summed E-state index contributed by atoms with van der Waals surface area (Å²) in [4.78, 5) is 11.0. The topological polar surface area (TPSA) is 61.3 Å². The van der Waals surface area contributed by atoms with Crippen LogP contribution in [0.2, 0.25) is 0 Å². The third-order valence-electron chi connectivity index (χ3n) is 3.39. The lowest BCUT2D eigenvalue weighted by Crippen LogP contribution is -2.30. The predicted molar refractivity (Wildman–Crippen MR) is 71.7 cm³/mol. The third-order valence-corrected chi connectivity index (χ3v) is 3.39. The molecule has 0 aromatic carbocycles. The van der Waals surface area contributed by atoms with Crippen LogP contribution in [-0.2, 0) is 0 Å². The van der Waals surface area contributed by atoms with Crippen molar-refractivity contribution in [3.05, 3.63) is 18.0 Å². The maximum absolute atomic E-state index is 8.70. The SMILES string of the molecule is CN1CCCC(c2cnc(NCCCO)nc2)C1. The van der Waals surface area contributed by atoms with E-state index in [2.05, 4.69) is 27.2 Å². The molecule has 0 bridgehead atoms. The van der Waals surface area contributed by atoms with Crippen LogP contribution in [0, 0.1) is 0 Å². The van der Waals surface area contributed by atoms with E-state index < -0.39 is 0 Å². The summed E-state index contributed by atoms with van der Waals surface area (Å²) in [5.74, 6) is 1.21. The summed E-state index contributed by atoms with van der Waals surface area (Å²) in [6, 6.07) is 0. The number of nitrogens with zero attached hydrogens (tertiary/aromatic N) is 3. The van der Waals surface area contributed by atoms with Crippen molar-refractivity contribution in [3.63, 3.8) is 0 Å². The Morgan fingerprint density at radius 3 is 2.89 bits per heavy atom. The molecular weight excluding hydrogens is 228 g/mol. The largest absolute Gasteiger partial charge is 0.396 e. The zero-order chi connectivity index (χ0) is 12.8. The predicted octanol–water partition coefficient (Wildman–Crippen LogP) is 1.08. The number of rotatable bonds is 5. The lowest BCUT2D eigenvalue weighted by molar-refractivity contribution is 0.250. The van der Waals surface area contributed by atoms with Gasteiger partial charge >= 0.3 is 0 Å².